The van der Waals surface area contributed by atoms with Crippen LogP contribution in [0.4, 0.5) is 5.69 Å². The number of carboxylic acid groups (broad SMARTS) is 1. The van der Waals surface area contributed by atoms with Gasteiger partial charge < -0.3 is 15.2 Å². The second kappa shape index (κ2) is 6.79. The van der Waals surface area contributed by atoms with Crippen LogP contribution in [-0.4, -0.2) is 11.9 Å². The molecule has 0 unspecified atom stereocenters. The van der Waals surface area contributed by atoms with Crippen LogP contribution < -0.4 is 10.4 Å². The fourth-order valence-corrected chi connectivity index (χ4v) is 2.41. The van der Waals surface area contributed by atoms with E-state index in [1.807, 2.05) is 42.5 Å². The van der Waals surface area contributed by atoms with Crippen molar-refractivity contribution in [1.29, 1.82) is 0 Å². The van der Waals surface area contributed by atoms with E-state index >= 15 is 0 Å². The van der Waals surface area contributed by atoms with E-state index in [0.29, 0.717) is 5.56 Å². The Morgan fingerprint density at radius 3 is 1.96 bits per heavy atom. The van der Waals surface area contributed by atoms with E-state index in [1.165, 1.54) is 12.1 Å². The summed E-state index contributed by atoms with van der Waals surface area (Å²) in [6.45, 7) is 0. The summed E-state index contributed by atoms with van der Waals surface area (Å²) in [6.07, 6.45) is 0. The highest BCUT2D eigenvalue weighted by Crippen LogP contribution is 2.20. The molecule has 0 aliphatic heterocycles. The second-order valence-corrected chi connectivity index (χ2v) is 5.23. The molecule has 3 aromatic carbocycles. The molecule has 0 saturated heterocycles. The van der Waals surface area contributed by atoms with Crippen molar-refractivity contribution < 1.29 is 14.7 Å². The van der Waals surface area contributed by atoms with Gasteiger partial charge in [0.15, 0.2) is 0 Å². The molecule has 1 N–H and O–H groups in total. The molecule has 3 rings (SSSR count). The molecule has 118 valence electrons. The molecule has 0 atom stereocenters. The van der Waals surface area contributed by atoms with Crippen molar-refractivity contribution in [3.63, 3.8) is 0 Å². The van der Waals surface area contributed by atoms with Gasteiger partial charge >= 0.3 is 0 Å². The molecule has 24 heavy (non-hydrogen) atoms. The highest BCUT2D eigenvalue weighted by molar-refractivity contribution is 6.07. The number of carbonyl (C=O) groups excluding carboxylic acids is 2. The first-order valence-corrected chi connectivity index (χ1v) is 7.42. The monoisotopic (exact) mass is 316 g/mol. The Balaban J connectivity index is 1.80. The maximum atomic E-state index is 12.3. The second-order valence-electron chi connectivity index (χ2n) is 5.23. The standard InChI is InChI=1S/C20H15NO3/c22-19(21-18-9-5-4-8-17(18)20(23)24)16-12-10-15(11-13-16)14-6-2-1-3-7-14/h1-13H,(H,21,22)(H,23,24)/p-1. The van der Waals surface area contributed by atoms with Crippen LogP contribution in [-0.2, 0) is 0 Å². The number of hydrogen-bond acceptors (Lipinski definition) is 3. The summed E-state index contributed by atoms with van der Waals surface area (Å²) in [4.78, 5) is 23.4. The highest BCUT2D eigenvalue weighted by atomic mass is 16.4. The van der Waals surface area contributed by atoms with Gasteiger partial charge in [0.2, 0.25) is 0 Å². The number of rotatable bonds is 4. The number of hydrogen-bond donors (Lipinski definition) is 1. The van der Waals surface area contributed by atoms with Crippen LogP contribution in [0.25, 0.3) is 11.1 Å². The first-order valence-electron chi connectivity index (χ1n) is 7.42. The third-order valence-electron chi connectivity index (χ3n) is 3.65. The normalized spacial score (nSPS) is 10.2. The van der Waals surface area contributed by atoms with Crippen LogP contribution in [0.5, 0.6) is 0 Å². The van der Waals surface area contributed by atoms with Gasteiger partial charge in [-0.1, -0.05) is 60.7 Å². The van der Waals surface area contributed by atoms with Gasteiger partial charge in [-0.3, -0.25) is 4.79 Å². The molecule has 3 aromatic rings. The van der Waals surface area contributed by atoms with Gasteiger partial charge in [-0.25, -0.2) is 0 Å². The smallest absolute Gasteiger partial charge is 0.255 e. The maximum Gasteiger partial charge on any atom is 0.255 e. The van der Waals surface area contributed by atoms with Crippen molar-refractivity contribution in [3.05, 3.63) is 90.0 Å². The van der Waals surface area contributed by atoms with E-state index in [2.05, 4.69) is 5.32 Å². The molecule has 0 aromatic heterocycles. The molecule has 0 bridgehead atoms. The van der Waals surface area contributed by atoms with Gasteiger partial charge in [0.1, 0.15) is 0 Å². The number of carboxylic acids is 1. The molecule has 4 nitrogen and oxygen atoms in total. The Hall–Kier alpha value is -3.40. The van der Waals surface area contributed by atoms with E-state index in [1.54, 1.807) is 24.3 Å². The molecule has 0 heterocycles. The lowest BCUT2D eigenvalue weighted by Gasteiger charge is -2.11. The van der Waals surface area contributed by atoms with Crippen molar-refractivity contribution >= 4 is 17.6 Å². The van der Waals surface area contributed by atoms with Gasteiger partial charge in [-0.2, -0.15) is 0 Å². The van der Waals surface area contributed by atoms with Crippen molar-refractivity contribution in [2.75, 3.05) is 5.32 Å². The van der Waals surface area contributed by atoms with E-state index in [-0.39, 0.29) is 17.2 Å². The molecule has 0 saturated carbocycles. The predicted molar refractivity (Wildman–Crippen MR) is 90.6 cm³/mol. The number of para-hydroxylation sites is 1. The van der Waals surface area contributed by atoms with Crippen LogP contribution in [0.2, 0.25) is 0 Å². The quantitative estimate of drug-likeness (QED) is 0.804. The number of carbonyl (C=O) groups is 2. The lowest BCUT2D eigenvalue weighted by atomic mass is 10.0. The van der Waals surface area contributed by atoms with E-state index in [4.69, 9.17) is 0 Å². The zero-order chi connectivity index (χ0) is 16.9. The van der Waals surface area contributed by atoms with Crippen LogP contribution in [0, 0.1) is 0 Å². The summed E-state index contributed by atoms with van der Waals surface area (Å²) in [7, 11) is 0. The molecule has 0 aliphatic carbocycles. The molecular formula is C20H14NO3-. The number of benzene rings is 3. The summed E-state index contributed by atoms with van der Waals surface area (Å²) in [5.74, 6) is -1.70. The van der Waals surface area contributed by atoms with Crippen molar-refractivity contribution in [1.82, 2.24) is 0 Å². The lowest BCUT2D eigenvalue weighted by molar-refractivity contribution is -0.254. The highest BCUT2D eigenvalue weighted by Gasteiger charge is 2.09. The van der Waals surface area contributed by atoms with Gasteiger partial charge in [-0.15, -0.1) is 0 Å². The Kier molecular flexibility index (Phi) is 4.38. The molecule has 0 fully saturated rings. The number of nitrogens with one attached hydrogen (secondary N) is 1. The van der Waals surface area contributed by atoms with Gasteiger partial charge in [0.05, 0.1) is 11.7 Å². The first kappa shape index (κ1) is 15.5. The summed E-state index contributed by atoms with van der Waals surface area (Å²) in [5.41, 5.74) is 2.68. The fraction of sp³-hybridized carbons (Fsp3) is 0. The minimum atomic E-state index is -1.33. The Labute approximate surface area is 139 Å². The summed E-state index contributed by atoms with van der Waals surface area (Å²) in [5, 5.41) is 13.7. The number of aromatic carboxylic acids is 1. The van der Waals surface area contributed by atoms with E-state index in [0.717, 1.165) is 11.1 Å². The van der Waals surface area contributed by atoms with Gasteiger partial charge in [0, 0.05) is 11.1 Å². The minimum Gasteiger partial charge on any atom is -0.545 e. The van der Waals surface area contributed by atoms with Crippen molar-refractivity contribution in [2.45, 2.75) is 0 Å². The largest absolute Gasteiger partial charge is 0.545 e. The number of amides is 1. The maximum absolute atomic E-state index is 12.3. The summed E-state index contributed by atoms with van der Waals surface area (Å²) < 4.78 is 0. The fourth-order valence-electron chi connectivity index (χ4n) is 2.41. The van der Waals surface area contributed by atoms with E-state index < -0.39 is 5.97 Å². The third kappa shape index (κ3) is 3.33. The molecule has 4 heteroatoms. The van der Waals surface area contributed by atoms with Crippen LogP contribution in [0.1, 0.15) is 20.7 Å². The van der Waals surface area contributed by atoms with E-state index in [9.17, 15) is 14.7 Å². The van der Waals surface area contributed by atoms with Crippen LogP contribution in [0.3, 0.4) is 0 Å². The lowest BCUT2D eigenvalue weighted by Crippen LogP contribution is -2.24. The van der Waals surface area contributed by atoms with Gasteiger partial charge in [-0.05, 0) is 29.3 Å². The Morgan fingerprint density at radius 2 is 1.29 bits per heavy atom. The summed E-state index contributed by atoms with van der Waals surface area (Å²) in [6, 6.07) is 23.1. The SMILES string of the molecule is O=C(Nc1ccccc1C(=O)[O-])c1ccc(-c2ccccc2)cc1. The Bertz CT molecular complexity index is 871. The topological polar surface area (TPSA) is 69.2 Å². The molecule has 0 radical (unpaired) electrons. The van der Waals surface area contributed by atoms with Crippen LogP contribution >= 0.6 is 0 Å². The molecule has 1 amide bonds. The summed E-state index contributed by atoms with van der Waals surface area (Å²) >= 11 is 0. The Morgan fingerprint density at radius 1 is 0.708 bits per heavy atom. The first-order chi connectivity index (χ1) is 11.6. The predicted octanol–water partition coefficient (Wildman–Crippen LogP) is 2.97. The minimum absolute atomic E-state index is 0.0493. The average Bonchev–Trinajstić information content (AvgIpc) is 2.63. The van der Waals surface area contributed by atoms with Crippen molar-refractivity contribution in [3.8, 4) is 11.1 Å². The molecular weight excluding hydrogens is 302 g/mol. The average molecular weight is 316 g/mol. The zero-order valence-corrected chi connectivity index (χ0v) is 12.7. The number of anilines is 1. The molecule has 0 aliphatic rings. The zero-order valence-electron chi connectivity index (χ0n) is 12.7. The van der Waals surface area contributed by atoms with Gasteiger partial charge in [0.25, 0.3) is 5.91 Å². The van der Waals surface area contributed by atoms with Crippen LogP contribution in [0.15, 0.2) is 78.9 Å². The van der Waals surface area contributed by atoms with Crippen molar-refractivity contribution in [2.24, 2.45) is 0 Å². The molecule has 0 spiro atoms. The third-order valence-corrected chi connectivity index (χ3v) is 3.65.